The van der Waals surface area contributed by atoms with Gasteiger partial charge in [-0.15, -0.1) is 0 Å². The standard InChI is InChI=1S/C11H14N2O2/c1-15-9-4-2-8(3-5-9)6-10(13)11(14)7-12/h2-5,10-11,14H,6,13H2,1H3. The van der Waals surface area contributed by atoms with Crippen molar-refractivity contribution in [3.05, 3.63) is 29.8 Å². The number of nitrogens with zero attached hydrogens (tertiary/aromatic N) is 1. The summed E-state index contributed by atoms with van der Waals surface area (Å²) in [5.41, 5.74) is 6.60. The van der Waals surface area contributed by atoms with Gasteiger partial charge in [0.05, 0.1) is 13.2 Å². The van der Waals surface area contributed by atoms with Crippen molar-refractivity contribution >= 4 is 0 Å². The van der Waals surface area contributed by atoms with Gasteiger partial charge in [0, 0.05) is 6.04 Å². The fraction of sp³-hybridized carbons (Fsp3) is 0.364. The summed E-state index contributed by atoms with van der Waals surface area (Å²) in [5, 5.41) is 17.6. The van der Waals surface area contributed by atoms with Crippen molar-refractivity contribution in [2.75, 3.05) is 7.11 Å². The second kappa shape index (κ2) is 5.35. The van der Waals surface area contributed by atoms with Crippen LogP contribution in [0.4, 0.5) is 0 Å². The lowest BCUT2D eigenvalue weighted by Crippen LogP contribution is -2.35. The van der Waals surface area contributed by atoms with Crippen LogP contribution in [-0.4, -0.2) is 24.4 Å². The third kappa shape index (κ3) is 3.24. The summed E-state index contributed by atoms with van der Waals surface area (Å²) in [4.78, 5) is 0. The highest BCUT2D eigenvalue weighted by molar-refractivity contribution is 5.27. The number of nitrogens with two attached hydrogens (primary N) is 1. The van der Waals surface area contributed by atoms with Gasteiger partial charge >= 0.3 is 0 Å². The molecule has 4 nitrogen and oxygen atoms in total. The van der Waals surface area contributed by atoms with Crippen LogP contribution in [0, 0.1) is 11.3 Å². The molecule has 80 valence electrons. The maximum absolute atomic E-state index is 9.18. The minimum absolute atomic E-state index is 0.471. The van der Waals surface area contributed by atoms with Crippen LogP contribution < -0.4 is 10.5 Å². The normalized spacial score (nSPS) is 14.0. The molecule has 1 rings (SSSR count). The smallest absolute Gasteiger partial charge is 0.155 e. The molecule has 0 saturated heterocycles. The second-order valence-electron chi connectivity index (χ2n) is 3.29. The Bertz CT molecular complexity index is 343. The van der Waals surface area contributed by atoms with Gasteiger partial charge in [-0.2, -0.15) is 5.26 Å². The highest BCUT2D eigenvalue weighted by atomic mass is 16.5. The fourth-order valence-electron chi connectivity index (χ4n) is 1.24. The zero-order valence-corrected chi connectivity index (χ0v) is 8.55. The first-order valence-corrected chi connectivity index (χ1v) is 4.63. The molecule has 3 N–H and O–H groups in total. The van der Waals surface area contributed by atoms with E-state index in [0.29, 0.717) is 6.42 Å². The Balaban J connectivity index is 2.61. The van der Waals surface area contributed by atoms with Gasteiger partial charge in [-0.25, -0.2) is 0 Å². The zero-order valence-electron chi connectivity index (χ0n) is 8.55. The molecule has 1 aromatic rings. The first kappa shape index (κ1) is 11.5. The van der Waals surface area contributed by atoms with Crippen molar-refractivity contribution < 1.29 is 9.84 Å². The molecule has 0 amide bonds. The number of methoxy groups -OCH3 is 1. The van der Waals surface area contributed by atoms with Crippen LogP contribution in [0.15, 0.2) is 24.3 Å². The minimum Gasteiger partial charge on any atom is -0.497 e. The molecule has 0 aromatic heterocycles. The third-order valence-corrected chi connectivity index (χ3v) is 2.17. The Morgan fingerprint density at radius 1 is 1.47 bits per heavy atom. The lowest BCUT2D eigenvalue weighted by molar-refractivity contribution is 0.197. The SMILES string of the molecule is COc1ccc(CC(N)C(O)C#N)cc1. The van der Waals surface area contributed by atoms with E-state index in [9.17, 15) is 5.11 Å². The zero-order chi connectivity index (χ0) is 11.3. The molecular weight excluding hydrogens is 192 g/mol. The topological polar surface area (TPSA) is 79.3 Å². The predicted octanol–water partition coefficient (Wildman–Crippen LogP) is 0.449. The fourth-order valence-corrected chi connectivity index (χ4v) is 1.24. The Morgan fingerprint density at radius 3 is 2.53 bits per heavy atom. The molecule has 4 heteroatoms. The summed E-state index contributed by atoms with van der Waals surface area (Å²) < 4.78 is 5.01. The van der Waals surface area contributed by atoms with E-state index < -0.39 is 12.1 Å². The Labute approximate surface area is 88.9 Å². The van der Waals surface area contributed by atoms with Crippen molar-refractivity contribution in [2.24, 2.45) is 5.73 Å². The first-order valence-electron chi connectivity index (χ1n) is 4.63. The Kier molecular flexibility index (Phi) is 4.10. The van der Waals surface area contributed by atoms with Gasteiger partial charge in [0.15, 0.2) is 6.10 Å². The highest BCUT2D eigenvalue weighted by Crippen LogP contribution is 2.12. The van der Waals surface area contributed by atoms with Crippen LogP contribution in [0.25, 0.3) is 0 Å². The maximum atomic E-state index is 9.18. The van der Waals surface area contributed by atoms with Gasteiger partial charge in [0.25, 0.3) is 0 Å². The van der Waals surface area contributed by atoms with Crippen LogP contribution >= 0.6 is 0 Å². The van der Waals surface area contributed by atoms with E-state index in [1.807, 2.05) is 24.3 Å². The van der Waals surface area contributed by atoms with Crippen molar-refractivity contribution in [1.29, 1.82) is 5.26 Å². The van der Waals surface area contributed by atoms with Gasteiger partial charge in [-0.3, -0.25) is 0 Å². The Hall–Kier alpha value is -1.57. The molecule has 0 radical (unpaired) electrons. The van der Waals surface area contributed by atoms with Crippen LogP contribution in [-0.2, 0) is 6.42 Å². The summed E-state index contributed by atoms with van der Waals surface area (Å²) in [6.07, 6.45) is -0.647. The van der Waals surface area contributed by atoms with E-state index in [0.717, 1.165) is 11.3 Å². The molecule has 0 aliphatic carbocycles. The number of rotatable bonds is 4. The van der Waals surface area contributed by atoms with Gasteiger partial charge in [-0.05, 0) is 24.1 Å². The van der Waals surface area contributed by atoms with Gasteiger partial charge < -0.3 is 15.6 Å². The summed E-state index contributed by atoms with van der Waals surface area (Å²) in [5.74, 6) is 0.771. The molecular formula is C11H14N2O2. The number of ether oxygens (including phenoxy) is 1. The van der Waals surface area contributed by atoms with E-state index in [2.05, 4.69) is 0 Å². The van der Waals surface area contributed by atoms with Crippen LogP contribution in [0.2, 0.25) is 0 Å². The van der Waals surface area contributed by atoms with Crippen molar-refractivity contribution in [3.8, 4) is 11.8 Å². The number of hydrogen-bond donors (Lipinski definition) is 2. The second-order valence-corrected chi connectivity index (χ2v) is 3.29. The summed E-state index contributed by atoms with van der Waals surface area (Å²) in [6, 6.07) is 8.53. The first-order chi connectivity index (χ1) is 7.17. The number of aliphatic hydroxyl groups excluding tert-OH is 1. The monoisotopic (exact) mass is 206 g/mol. The molecule has 1 aromatic carbocycles. The number of aliphatic hydroxyl groups is 1. The number of benzene rings is 1. The minimum atomic E-state index is -1.12. The lowest BCUT2D eigenvalue weighted by Gasteiger charge is -2.12. The molecule has 0 saturated carbocycles. The summed E-state index contributed by atoms with van der Waals surface area (Å²) in [7, 11) is 1.60. The number of nitriles is 1. The number of hydrogen-bond acceptors (Lipinski definition) is 4. The average molecular weight is 206 g/mol. The molecule has 15 heavy (non-hydrogen) atoms. The van der Waals surface area contributed by atoms with Crippen molar-refractivity contribution in [1.82, 2.24) is 0 Å². The van der Waals surface area contributed by atoms with E-state index in [4.69, 9.17) is 15.7 Å². The molecule has 0 spiro atoms. The van der Waals surface area contributed by atoms with E-state index >= 15 is 0 Å². The van der Waals surface area contributed by atoms with Gasteiger partial charge in [0.1, 0.15) is 5.75 Å². The Morgan fingerprint density at radius 2 is 2.07 bits per heavy atom. The summed E-state index contributed by atoms with van der Waals surface area (Å²) >= 11 is 0. The molecule has 0 aliphatic heterocycles. The quantitative estimate of drug-likeness (QED) is 0.701. The lowest BCUT2D eigenvalue weighted by atomic mass is 10.0. The molecule has 0 bridgehead atoms. The largest absolute Gasteiger partial charge is 0.497 e. The van der Waals surface area contributed by atoms with E-state index in [1.165, 1.54) is 0 Å². The maximum Gasteiger partial charge on any atom is 0.155 e. The van der Waals surface area contributed by atoms with E-state index in [1.54, 1.807) is 13.2 Å². The summed E-state index contributed by atoms with van der Waals surface area (Å²) in [6.45, 7) is 0. The van der Waals surface area contributed by atoms with Crippen LogP contribution in [0.5, 0.6) is 5.75 Å². The van der Waals surface area contributed by atoms with Gasteiger partial charge in [0.2, 0.25) is 0 Å². The van der Waals surface area contributed by atoms with Crippen LogP contribution in [0.3, 0.4) is 0 Å². The van der Waals surface area contributed by atoms with E-state index in [-0.39, 0.29) is 0 Å². The third-order valence-electron chi connectivity index (χ3n) is 2.17. The molecule has 0 aliphatic rings. The average Bonchev–Trinajstić information content (AvgIpc) is 2.29. The van der Waals surface area contributed by atoms with Crippen molar-refractivity contribution in [2.45, 2.75) is 18.6 Å². The molecule has 0 fully saturated rings. The predicted molar refractivity (Wildman–Crippen MR) is 56.3 cm³/mol. The molecule has 0 heterocycles. The van der Waals surface area contributed by atoms with Crippen LogP contribution in [0.1, 0.15) is 5.56 Å². The van der Waals surface area contributed by atoms with Gasteiger partial charge in [-0.1, -0.05) is 12.1 Å². The van der Waals surface area contributed by atoms with Crippen molar-refractivity contribution in [3.63, 3.8) is 0 Å². The highest BCUT2D eigenvalue weighted by Gasteiger charge is 2.13. The molecule has 2 atom stereocenters. The molecule has 2 unspecified atom stereocenters.